The van der Waals surface area contributed by atoms with Gasteiger partial charge in [0, 0.05) is 17.9 Å². The van der Waals surface area contributed by atoms with Gasteiger partial charge in [-0.1, -0.05) is 44.2 Å². The zero-order chi connectivity index (χ0) is 12.7. The van der Waals surface area contributed by atoms with E-state index in [0.717, 1.165) is 23.8 Å². The Morgan fingerprint density at radius 2 is 2.06 bits per heavy atom. The second-order valence-electron chi connectivity index (χ2n) is 5.03. The molecule has 0 N–H and O–H groups in total. The minimum absolute atomic E-state index is 0.320. The Kier molecular flexibility index (Phi) is 2.58. The second-order valence-corrected chi connectivity index (χ2v) is 5.03. The van der Waals surface area contributed by atoms with Crippen molar-refractivity contribution < 1.29 is 4.42 Å². The maximum Gasteiger partial charge on any atom is 0.198 e. The number of benzene rings is 1. The molecular formula is C16H17NO. The molecular weight excluding hydrogens is 222 g/mol. The van der Waals surface area contributed by atoms with Crippen LogP contribution in [0.1, 0.15) is 43.8 Å². The normalized spacial score (nSPS) is 15.9. The highest BCUT2D eigenvalue weighted by atomic mass is 16.4. The summed E-state index contributed by atoms with van der Waals surface area (Å²) in [5, 5.41) is 0. The van der Waals surface area contributed by atoms with Crippen molar-refractivity contribution in [3.05, 3.63) is 47.5 Å². The van der Waals surface area contributed by atoms with Crippen molar-refractivity contribution in [1.29, 1.82) is 0 Å². The maximum atomic E-state index is 5.97. The largest absolute Gasteiger partial charge is 0.440 e. The van der Waals surface area contributed by atoms with Gasteiger partial charge in [0.2, 0.25) is 0 Å². The summed E-state index contributed by atoms with van der Waals surface area (Å²) in [5.41, 5.74) is 4.81. The van der Waals surface area contributed by atoms with Gasteiger partial charge in [-0.05, 0) is 18.1 Å². The lowest BCUT2D eigenvalue weighted by Gasteiger charge is -2.16. The quantitative estimate of drug-likeness (QED) is 0.736. The average molecular weight is 239 g/mol. The second kappa shape index (κ2) is 4.13. The number of aromatic nitrogens is 1. The first kappa shape index (κ1) is 11.3. The first-order valence-electron chi connectivity index (χ1n) is 6.45. The number of nitrogens with zero attached hydrogens (tertiary/aromatic N) is 1. The maximum absolute atomic E-state index is 5.97. The summed E-state index contributed by atoms with van der Waals surface area (Å²) in [6, 6.07) is 8.42. The number of oxazole rings is 1. The van der Waals surface area contributed by atoms with Gasteiger partial charge in [-0.25, -0.2) is 4.98 Å². The van der Waals surface area contributed by atoms with E-state index in [1.54, 1.807) is 0 Å². The summed E-state index contributed by atoms with van der Waals surface area (Å²) in [6.45, 7) is 6.29. The minimum Gasteiger partial charge on any atom is -0.440 e. The summed E-state index contributed by atoms with van der Waals surface area (Å²) >= 11 is 0. The highest BCUT2D eigenvalue weighted by molar-refractivity contribution is 5.83. The van der Waals surface area contributed by atoms with Crippen molar-refractivity contribution in [2.75, 3.05) is 0 Å². The van der Waals surface area contributed by atoms with Crippen LogP contribution >= 0.6 is 0 Å². The smallest absolute Gasteiger partial charge is 0.198 e. The summed E-state index contributed by atoms with van der Waals surface area (Å²) in [6.07, 6.45) is 3.09. The third-order valence-corrected chi connectivity index (χ3v) is 3.43. The molecule has 0 spiro atoms. The van der Waals surface area contributed by atoms with Gasteiger partial charge in [0.25, 0.3) is 0 Å². The Hall–Kier alpha value is -1.83. The van der Waals surface area contributed by atoms with Gasteiger partial charge in [0.1, 0.15) is 5.69 Å². The molecule has 0 saturated carbocycles. The van der Waals surface area contributed by atoms with Crippen molar-refractivity contribution in [2.45, 2.75) is 33.1 Å². The van der Waals surface area contributed by atoms with Crippen LogP contribution < -0.4 is 0 Å². The SMILES string of the molecule is CC=C1Cc2ccccc2-c2oc(C(C)C)nc21. The molecule has 2 heteroatoms. The van der Waals surface area contributed by atoms with Gasteiger partial charge < -0.3 is 4.42 Å². The third kappa shape index (κ3) is 1.60. The molecule has 1 heterocycles. The monoisotopic (exact) mass is 239 g/mol. The van der Waals surface area contributed by atoms with Crippen molar-refractivity contribution >= 4 is 5.57 Å². The van der Waals surface area contributed by atoms with Gasteiger partial charge in [0.15, 0.2) is 11.7 Å². The van der Waals surface area contributed by atoms with Crippen LogP contribution in [0.3, 0.4) is 0 Å². The molecule has 18 heavy (non-hydrogen) atoms. The van der Waals surface area contributed by atoms with Crippen LogP contribution in [0.4, 0.5) is 0 Å². The zero-order valence-electron chi connectivity index (χ0n) is 11.0. The summed E-state index contributed by atoms with van der Waals surface area (Å²) < 4.78 is 5.97. The van der Waals surface area contributed by atoms with Crippen LogP contribution in [0.25, 0.3) is 16.9 Å². The van der Waals surface area contributed by atoms with Crippen molar-refractivity contribution in [1.82, 2.24) is 4.98 Å². The molecule has 2 nitrogen and oxygen atoms in total. The Morgan fingerprint density at radius 3 is 2.78 bits per heavy atom. The Bertz CT molecular complexity index is 620. The number of fused-ring (bicyclic) bond motifs is 3. The average Bonchev–Trinajstić information content (AvgIpc) is 2.83. The fourth-order valence-corrected chi connectivity index (χ4v) is 2.41. The van der Waals surface area contributed by atoms with Gasteiger partial charge in [-0.2, -0.15) is 0 Å². The van der Waals surface area contributed by atoms with E-state index in [1.807, 2.05) is 0 Å². The lowest BCUT2D eigenvalue weighted by molar-refractivity contribution is 0.481. The van der Waals surface area contributed by atoms with Gasteiger partial charge >= 0.3 is 0 Å². The Morgan fingerprint density at radius 1 is 1.28 bits per heavy atom. The predicted molar refractivity (Wildman–Crippen MR) is 73.4 cm³/mol. The lowest BCUT2D eigenvalue weighted by Crippen LogP contribution is -2.01. The van der Waals surface area contributed by atoms with Gasteiger partial charge in [0.05, 0.1) is 0 Å². The van der Waals surface area contributed by atoms with Crippen LogP contribution in [-0.4, -0.2) is 4.98 Å². The first-order valence-corrected chi connectivity index (χ1v) is 6.45. The third-order valence-electron chi connectivity index (χ3n) is 3.43. The molecule has 1 aliphatic carbocycles. The van der Waals surface area contributed by atoms with E-state index < -0.39 is 0 Å². The van der Waals surface area contributed by atoms with Crippen LogP contribution in [-0.2, 0) is 6.42 Å². The molecule has 92 valence electrons. The first-order chi connectivity index (χ1) is 8.70. The van der Waals surface area contributed by atoms with E-state index in [9.17, 15) is 0 Å². The molecule has 0 atom stereocenters. The zero-order valence-corrected chi connectivity index (χ0v) is 11.0. The van der Waals surface area contributed by atoms with E-state index in [0.29, 0.717) is 5.92 Å². The predicted octanol–water partition coefficient (Wildman–Crippen LogP) is 4.42. The number of rotatable bonds is 1. The van der Waals surface area contributed by atoms with Crippen LogP contribution in [0.5, 0.6) is 0 Å². The lowest BCUT2D eigenvalue weighted by atomic mass is 9.89. The van der Waals surface area contributed by atoms with Crippen molar-refractivity contribution in [3.63, 3.8) is 0 Å². The highest BCUT2D eigenvalue weighted by Gasteiger charge is 2.25. The standard InChI is InChI=1S/C16H17NO/c1-4-11-9-12-7-5-6-8-13(12)15-14(11)17-16(18-15)10(2)3/h4-8,10H,9H2,1-3H3. The van der Waals surface area contributed by atoms with Gasteiger partial charge in [-0.15, -0.1) is 0 Å². The number of allylic oxidation sites excluding steroid dienone is 2. The summed E-state index contributed by atoms with van der Waals surface area (Å²) in [4.78, 5) is 4.67. The van der Waals surface area contributed by atoms with E-state index in [1.165, 1.54) is 16.7 Å². The molecule has 0 unspecified atom stereocenters. The number of hydrogen-bond acceptors (Lipinski definition) is 2. The molecule has 0 amide bonds. The Balaban J connectivity index is 2.25. The van der Waals surface area contributed by atoms with Gasteiger partial charge in [-0.3, -0.25) is 0 Å². The fraction of sp³-hybridized carbons (Fsp3) is 0.312. The molecule has 0 radical (unpaired) electrons. The molecule has 0 bridgehead atoms. The molecule has 0 aliphatic heterocycles. The Labute approximate surface area is 107 Å². The highest BCUT2D eigenvalue weighted by Crippen LogP contribution is 2.40. The molecule has 1 aliphatic rings. The van der Waals surface area contributed by atoms with Crippen LogP contribution in [0.15, 0.2) is 34.8 Å². The molecule has 2 aromatic rings. The van der Waals surface area contributed by atoms with Crippen molar-refractivity contribution in [3.8, 4) is 11.3 Å². The molecule has 1 aromatic carbocycles. The van der Waals surface area contributed by atoms with Crippen molar-refractivity contribution in [2.24, 2.45) is 0 Å². The molecule has 3 rings (SSSR count). The molecule has 1 aromatic heterocycles. The van der Waals surface area contributed by atoms with E-state index >= 15 is 0 Å². The molecule has 0 saturated heterocycles. The van der Waals surface area contributed by atoms with E-state index in [2.05, 4.69) is 56.1 Å². The van der Waals surface area contributed by atoms with E-state index in [4.69, 9.17) is 4.42 Å². The summed E-state index contributed by atoms with van der Waals surface area (Å²) in [7, 11) is 0. The van der Waals surface area contributed by atoms with Crippen LogP contribution in [0.2, 0.25) is 0 Å². The fourth-order valence-electron chi connectivity index (χ4n) is 2.41. The minimum atomic E-state index is 0.320. The molecule has 0 fully saturated rings. The van der Waals surface area contributed by atoms with Crippen LogP contribution in [0, 0.1) is 0 Å². The van der Waals surface area contributed by atoms with E-state index in [-0.39, 0.29) is 0 Å². The topological polar surface area (TPSA) is 26.0 Å². The number of hydrogen-bond donors (Lipinski definition) is 0. The summed E-state index contributed by atoms with van der Waals surface area (Å²) in [5.74, 6) is 2.09.